The predicted molar refractivity (Wildman–Crippen MR) is 59.4 cm³/mol. The van der Waals surface area contributed by atoms with Gasteiger partial charge >= 0.3 is 0 Å². The molecule has 0 heteroatoms. The number of rotatable bonds is 0. The van der Waals surface area contributed by atoms with Gasteiger partial charge in [-0.1, -0.05) is 43.3 Å². The first-order valence-corrected chi connectivity index (χ1v) is 5.45. The van der Waals surface area contributed by atoms with Crippen LogP contribution in [0.25, 0.3) is 0 Å². The van der Waals surface area contributed by atoms with Gasteiger partial charge < -0.3 is 0 Å². The van der Waals surface area contributed by atoms with Gasteiger partial charge in [-0.25, -0.2) is 0 Å². The lowest BCUT2D eigenvalue weighted by Crippen LogP contribution is -2.21. The lowest BCUT2D eigenvalue weighted by atomic mass is 9.79. The smallest absolute Gasteiger partial charge is 0.000110 e. The fourth-order valence-electron chi connectivity index (χ4n) is 3.44. The van der Waals surface area contributed by atoms with Crippen molar-refractivity contribution in [2.24, 2.45) is 5.92 Å². The van der Waals surface area contributed by atoms with Crippen LogP contribution in [0, 0.1) is 5.92 Å². The van der Waals surface area contributed by atoms with E-state index in [1.165, 1.54) is 24.8 Å². The number of hydrogen-bond acceptors (Lipinski definition) is 0. The molecule has 0 aromatic heterocycles. The third kappa shape index (κ3) is 0.890. The Morgan fingerprint density at radius 2 is 2.07 bits per heavy atom. The minimum Gasteiger partial charge on any atom is -0.0998 e. The molecule has 3 rings (SSSR count). The molecule has 2 atom stereocenters. The van der Waals surface area contributed by atoms with Crippen molar-refractivity contribution in [3.8, 4) is 0 Å². The molecule has 0 aliphatic heterocycles. The maximum absolute atomic E-state index is 4.15. The van der Waals surface area contributed by atoms with E-state index in [-0.39, 0.29) is 0 Å². The maximum Gasteiger partial charge on any atom is -0.000110 e. The van der Waals surface area contributed by atoms with Gasteiger partial charge in [-0.15, -0.1) is 0 Å². The zero-order chi connectivity index (χ0) is 9.76. The van der Waals surface area contributed by atoms with E-state index in [0.29, 0.717) is 5.41 Å². The summed E-state index contributed by atoms with van der Waals surface area (Å²) in [4.78, 5) is 0. The Balaban J connectivity index is 2.15. The van der Waals surface area contributed by atoms with E-state index in [1.807, 2.05) is 0 Å². The molecule has 2 aliphatic rings. The van der Waals surface area contributed by atoms with Gasteiger partial charge in [-0.05, 0) is 41.7 Å². The molecule has 0 amide bonds. The van der Waals surface area contributed by atoms with Gasteiger partial charge in [0.2, 0.25) is 0 Å². The Kier molecular flexibility index (Phi) is 1.48. The topological polar surface area (TPSA) is 0 Å². The molecule has 0 unspecified atom stereocenters. The molecule has 1 aromatic carbocycles. The molecule has 14 heavy (non-hydrogen) atoms. The quantitative estimate of drug-likeness (QED) is 0.542. The molecule has 2 aliphatic carbocycles. The molecule has 0 nitrogen and oxygen atoms in total. The molecule has 0 saturated heterocycles. The molecule has 72 valence electrons. The molecule has 0 bridgehead atoms. The SMILES string of the molecule is C=C1C[C@H]2Cc3ccccc3[C@@]2(C)C1. The van der Waals surface area contributed by atoms with E-state index in [9.17, 15) is 0 Å². The van der Waals surface area contributed by atoms with Gasteiger partial charge in [0, 0.05) is 0 Å². The van der Waals surface area contributed by atoms with Crippen molar-refractivity contribution in [2.75, 3.05) is 0 Å². The summed E-state index contributed by atoms with van der Waals surface area (Å²) >= 11 is 0. The number of fused-ring (bicyclic) bond motifs is 3. The lowest BCUT2D eigenvalue weighted by molar-refractivity contribution is 0.379. The fourth-order valence-corrected chi connectivity index (χ4v) is 3.44. The van der Waals surface area contributed by atoms with Crippen molar-refractivity contribution in [3.05, 3.63) is 47.5 Å². The Morgan fingerprint density at radius 3 is 2.93 bits per heavy atom. The second-order valence-electron chi connectivity index (χ2n) is 5.11. The van der Waals surface area contributed by atoms with Gasteiger partial charge in [0.05, 0.1) is 0 Å². The summed E-state index contributed by atoms with van der Waals surface area (Å²) in [7, 11) is 0. The van der Waals surface area contributed by atoms with Crippen LogP contribution in [0.4, 0.5) is 0 Å². The summed E-state index contributed by atoms with van der Waals surface area (Å²) in [5.41, 5.74) is 5.02. The summed E-state index contributed by atoms with van der Waals surface area (Å²) in [6.45, 7) is 6.57. The largest absolute Gasteiger partial charge is 0.0998 e. The van der Waals surface area contributed by atoms with E-state index >= 15 is 0 Å². The first-order valence-electron chi connectivity index (χ1n) is 5.45. The van der Waals surface area contributed by atoms with Gasteiger partial charge in [0.25, 0.3) is 0 Å². The van der Waals surface area contributed by atoms with Crippen LogP contribution in [-0.2, 0) is 11.8 Å². The monoisotopic (exact) mass is 184 g/mol. The maximum atomic E-state index is 4.15. The summed E-state index contributed by atoms with van der Waals surface area (Å²) in [5.74, 6) is 0.826. The molecular weight excluding hydrogens is 168 g/mol. The average Bonchev–Trinajstić information content (AvgIpc) is 2.55. The summed E-state index contributed by atoms with van der Waals surface area (Å²) in [6, 6.07) is 8.95. The van der Waals surface area contributed by atoms with E-state index in [1.54, 1.807) is 11.1 Å². The number of hydrogen-bond donors (Lipinski definition) is 0. The van der Waals surface area contributed by atoms with Crippen molar-refractivity contribution < 1.29 is 0 Å². The molecule has 0 heterocycles. The Labute approximate surface area is 85.6 Å². The molecule has 0 spiro atoms. The van der Waals surface area contributed by atoms with E-state index in [0.717, 1.165) is 5.92 Å². The molecule has 1 aromatic rings. The molecular formula is C14H16. The second-order valence-corrected chi connectivity index (χ2v) is 5.11. The number of benzene rings is 1. The van der Waals surface area contributed by atoms with E-state index < -0.39 is 0 Å². The number of allylic oxidation sites excluding steroid dienone is 1. The molecule has 0 radical (unpaired) electrons. The molecule has 1 fully saturated rings. The average molecular weight is 184 g/mol. The lowest BCUT2D eigenvalue weighted by Gasteiger charge is -2.24. The van der Waals surface area contributed by atoms with Crippen molar-refractivity contribution in [1.82, 2.24) is 0 Å². The minimum atomic E-state index is 0.410. The Morgan fingerprint density at radius 1 is 1.29 bits per heavy atom. The van der Waals surface area contributed by atoms with Crippen LogP contribution in [0.1, 0.15) is 30.9 Å². The Hall–Kier alpha value is -1.04. The van der Waals surface area contributed by atoms with Crippen molar-refractivity contribution >= 4 is 0 Å². The predicted octanol–water partition coefficient (Wildman–Crippen LogP) is 3.47. The van der Waals surface area contributed by atoms with Crippen LogP contribution in [0.2, 0.25) is 0 Å². The highest BCUT2D eigenvalue weighted by Crippen LogP contribution is 2.54. The third-order valence-electron chi connectivity index (χ3n) is 4.15. The van der Waals surface area contributed by atoms with Crippen LogP contribution >= 0.6 is 0 Å². The van der Waals surface area contributed by atoms with E-state index in [4.69, 9.17) is 0 Å². The third-order valence-corrected chi connectivity index (χ3v) is 4.15. The Bertz CT molecular complexity index is 402. The van der Waals surface area contributed by atoms with Crippen LogP contribution in [0.3, 0.4) is 0 Å². The van der Waals surface area contributed by atoms with Crippen LogP contribution in [0.5, 0.6) is 0 Å². The van der Waals surface area contributed by atoms with E-state index in [2.05, 4.69) is 37.8 Å². The first kappa shape index (κ1) is 8.28. The van der Waals surface area contributed by atoms with Crippen molar-refractivity contribution in [3.63, 3.8) is 0 Å². The highest BCUT2D eigenvalue weighted by Gasteiger charge is 2.46. The highest BCUT2D eigenvalue weighted by atomic mass is 14.5. The fraction of sp³-hybridized carbons (Fsp3) is 0.429. The molecule has 0 N–H and O–H groups in total. The highest BCUT2D eigenvalue weighted by molar-refractivity contribution is 5.44. The normalized spacial score (nSPS) is 34.4. The standard InChI is InChI=1S/C14H16/c1-10-7-12-8-11-5-3-4-6-13(11)14(12,2)9-10/h3-6,12H,1,7-9H2,2H3/t12-,14-/m0/s1. The zero-order valence-corrected chi connectivity index (χ0v) is 8.72. The van der Waals surface area contributed by atoms with Gasteiger partial charge in [-0.2, -0.15) is 0 Å². The minimum absolute atomic E-state index is 0.410. The summed E-state index contributed by atoms with van der Waals surface area (Å²) in [6.07, 6.45) is 3.71. The van der Waals surface area contributed by atoms with Crippen LogP contribution in [-0.4, -0.2) is 0 Å². The van der Waals surface area contributed by atoms with Crippen molar-refractivity contribution in [2.45, 2.75) is 31.6 Å². The zero-order valence-electron chi connectivity index (χ0n) is 8.72. The summed E-state index contributed by atoms with van der Waals surface area (Å²) < 4.78 is 0. The molecule has 1 saturated carbocycles. The van der Waals surface area contributed by atoms with Crippen molar-refractivity contribution in [1.29, 1.82) is 0 Å². The van der Waals surface area contributed by atoms with Gasteiger partial charge in [0.15, 0.2) is 0 Å². The van der Waals surface area contributed by atoms with Crippen LogP contribution in [0.15, 0.2) is 36.4 Å². The van der Waals surface area contributed by atoms with Crippen LogP contribution < -0.4 is 0 Å². The first-order chi connectivity index (χ1) is 6.70. The van der Waals surface area contributed by atoms with Gasteiger partial charge in [-0.3, -0.25) is 0 Å². The van der Waals surface area contributed by atoms with Gasteiger partial charge in [0.1, 0.15) is 0 Å². The second kappa shape index (κ2) is 2.50. The summed E-state index contributed by atoms with van der Waals surface area (Å²) in [5, 5.41) is 0.